The van der Waals surface area contributed by atoms with E-state index in [1.807, 2.05) is 55.5 Å². The number of methoxy groups -OCH3 is 1. The lowest BCUT2D eigenvalue weighted by Crippen LogP contribution is -2.32. The Hall–Kier alpha value is -3.31. The van der Waals surface area contributed by atoms with Crippen molar-refractivity contribution in [1.82, 2.24) is 4.90 Å². The molecule has 1 N–H and O–H groups in total. The second-order valence-electron chi connectivity index (χ2n) is 7.61. The van der Waals surface area contributed by atoms with E-state index in [2.05, 4.69) is 5.32 Å². The van der Waals surface area contributed by atoms with E-state index in [0.717, 1.165) is 16.7 Å². The van der Waals surface area contributed by atoms with Gasteiger partial charge in [-0.1, -0.05) is 59.6 Å². The van der Waals surface area contributed by atoms with Gasteiger partial charge in [-0.15, -0.1) is 0 Å². The molecule has 0 saturated heterocycles. The number of amides is 2. The van der Waals surface area contributed by atoms with Crippen molar-refractivity contribution in [1.29, 1.82) is 0 Å². The Balaban J connectivity index is 1.62. The van der Waals surface area contributed by atoms with Gasteiger partial charge in [0.25, 0.3) is 5.91 Å². The summed E-state index contributed by atoms with van der Waals surface area (Å²) in [6.45, 7) is 2.48. The quantitative estimate of drug-likeness (QED) is 0.566. The molecule has 1 heterocycles. The van der Waals surface area contributed by atoms with Crippen LogP contribution in [0.3, 0.4) is 0 Å². The van der Waals surface area contributed by atoms with E-state index >= 15 is 0 Å². The maximum absolute atomic E-state index is 13.1. The average Bonchev–Trinajstić information content (AvgIpc) is 3.09. The molecule has 0 aliphatic carbocycles. The van der Waals surface area contributed by atoms with E-state index in [-0.39, 0.29) is 18.2 Å². The second kappa shape index (κ2) is 8.82. The third-order valence-corrected chi connectivity index (χ3v) is 5.74. The van der Waals surface area contributed by atoms with E-state index in [4.69, 9.17) is 16.3 Å². The summed E-state index contributed by atoms with van der Waals surface area (Å²) in [4.78, 5) is 27.9. The summed E-state index contributed by atoms with van der Waals surface area (Å²) in [5.74, 6) is 0.235. The van der Waals surface area contributed by atoms with Crippen LogP contribution in [0.1, 0.15) is 39.5 Å². The number of rotatable bonds is 6. The smallest absolute Gasteiger partial charge is 0.255 e. The SMILES string of the molecule is COc1ccc(Cl)cc1NC(=O)CC(c1ccc(C)cc1)N1Cc2ccccc2C1=O. The molecular weight excluding hydrogens is 412 g/mol. The fourth-order valence-corrected chi connectivity index (χ4v) is 4.05. The maximum atomic E-state index is 13.1. The van der Waals surface area contributed by atoms with Crippen LogP contribution in [0.4, 0.5) is 5.69 Å². The highest BCUT2D eigenvalue weighted by atomic mass is 35.5. The van der Waals surface area contributed by atoms with Crippen molar-refractivity contribution in [3.05, 3.63) is 94.0 Å². The minimum absolute atomic E-state index is 0.0608. The highest BCUT2D eigenvalue weighted by molar-refractivity contribution is 6.31. The van der Waals surface area contributed by atoms with Crippen LogP contribution in [0.2, 0.25) is 5.02 Å². The molecule has 0 saturated carbocycles. The predicted octanol–water partition coefficient (Wildman–Crippen LogP) is 5.38. The molecular formula is C25H23ClN2O3. The average molecular weight is 435 g/mol. The van der Waals surface area contributed by atoms with E-state index in [1.54, 1.807) is 23.1 Å². The van der Waals surface area contributed by atoms with Gasteiger partial charge in [0.15, 0.2) is 0 Å². The number of halogens is 1. The Morgan fingerprint density at radius 2 is 1.87 bits per heavy atom. The summed E-state index contributed by atoms with van der Waals surface area (Å²) < 4.78 is 5.33. The summed E-state index contributed by atoms with van der Waals surface area (Å²) in [5, 5.41) is 3.38. The van der Waals surface area contributed by atoms with Crippen LogP contribution < -0.4 is 10.1 Å². The van der Waals surface area contributed by atoms with E-state index in [1.165, 1.54) is 7.11 Å². The molecule has 1 atom stereocenters. The third-order valence-electron chi connectivity index (χ3n) is 5.50. The van der Waals surface area contributed by atoms with E-state index in [9.17, 15) is 9.59 Å². The van der Waals surface area contributed by atoms with Gasteiger partial charge in [-0.2, -0.15) is 0 Å². The van der Waals surface area contributed by atoms with Crippen molar-refractivity contribution in [2.45, 2.75) is 25.9 Å². The predicted molar refractivity (Wildman–Crippen MR) is 121 cm³/mol. The zero-order valence-electron chi connectivity index (χ0n) is 17.4. The third kappa shape index (κ3) is 4.42. The Labute approximate surface area is 186 Å². The minimum atomic E-state index is -0.398. The lowest BCUT2D eigenvalue weighted by molar-refractivity contribution is -0.117. The number of ether oxygens (including phenoxy) is 1. The highest BCUT2D eigenvalue weighted by Gasteiger charge is 2.34. The Kier molecular flexibility index (Phi) is 5.96. The number of nitrogens with one attached hydrogen (secondary N) is 1. The summed E-state index contributed by atoms with van der Waals surface area (Å²) in [6, 6.07) is 20.2. The molecule has 1 aliphatic heterocycles. The van der Waals surface area contributed by atoms with Crippen LogP contribution in [-0.2, 0) is 11.3 Å². The van der Waals surface area contributed by atoms with Gasteiger partial charge in [-0.3, -0.25) is 9.59 Å². The minimum Gasteiger partial charge on any atom is -0.495 e. The number of aryl methyl sites for hydroxylation is 1. The van der Waals surface area contributed by atoms with Crippen molar-refractivity contribution < 1.29 is 14.3 Å². The highest BCUT2D eigenvalue weighted by Crippen LogP contribution is 2.34. The molecule has 3 aromatic carbocycles. The van der Waals surface area contributed by atoms with Crippen molar-refractivity contribution >= 4 is 29.1 Å². The van der Waals surface area contributed by atoms with Gasteiger partial charge < -0.3 is 15.0 Å². The van der Waals surface area contributed by atoms with Gasteiger partial charge in [-0.25, -0.2) is 0 Å². The maximum Gasteiger partial charge on any atom is 0.255 e. The van der Waals surface area contributed by atoms with E-state index in [0.29, 0.717) is 28.6 Å². The number of hydrogen-bond acceptors (Lipinski definition) is 3. The molecule has 0 bridgehead atoms. The topological polar surface area (TPSA) is 58.6 Å². The Morgan fingerprint density at radius 3 is 2.58 bits per heavy atom. The van der Waals surface area contributed by atoms with Gasteiger partial charge >= 0.3 is 0 Å². The summed E-state index contributed by atoms with van der Waals surface area (Å²) in [5.41, 5.74) is 4.20. The standard InChI is InChI=1S/C25H23ClN2O3/c1-16-7-9-17(10-8-16)22(28-15-18-5-3-4-6-20(18)25(28)30)14-24(29)27-21-13-19(26)11-12-23(21)31-2/h3-13,22H,14-15H2,1-2H3,(H,27,29). The lowest BCUT2D eigenvalue weighted by Gasteiger charge is -2.28. The first-order valence-corrected chi connectivity index (χ1v) is 10.4. The van der Waals surface area contributed by atoms with Gasteiger partial charge in [0, 0.05) is 17.1 Å². The van der Waals surface area contributed by atoms with Gasteiger partial charge in [-0.05, 0) is 42.3 Å². The van der Waals surface area contributed by atoms with E-state index < -0.39 is 6.04 Å². The fraction of sp³-hybridized carbons (Fsp3) is 0.200. The second-order valence-corrected chi connectivity index (χ2v) is 8.05. The zero-order valence-corrected chi connectivity index (χ0v) is 18.1. The van der Waals surface area contributed by atoms with Crippen molar-refractivity contribution in [2.24, 2.45) is 0 Å². The number of fused-ring (bicyclic) bond motifs is 1. The molecule has 1 unspecified atom stereocenters. The number of anilines is 1. The molecule has 0 spiro atoms. The number of carbonyl (C=O) groups is 2. The largest absolute Gasteiger partial charge is 0.495 e. The first-order valence-electron chi connectivity index (χ1n) is 10.0. The molecule has 31 heavy (non-hydrogen) atoms. The monoisotopic (exact) mass is 434 g/mol. The fourth-order valence-electron chi connectivity index (χ4n) is 3.88. The lowest BCUT2D eigenvalue weighted by atomic mass is 10.00. The molecule has 0 fully saturated rings. The molecule has 158 valence electrons. The summed E-state index contributed by atoms with van der Waals surface area (Å²) >= 11 is 6.09. The van der Waals surface area contributed by atoms with Crippen LogP contribution in [0.25, 0.3) is 0 Å². The number of carbonyl (C=O) groups excluding carboxylic acids is 2. The zero-order chi connectivity index (χ0) is 22.0. The van der Waals surface area contributed by atoms with Crippen molar-refractivity contribution in [3.8, 4) is 5.75 Å². The van der Waals surface area contributed by atoms with Gasteiger partial charge in [0.2, 0.25) is 5.91 Å². The Bertz CT molecular complexity index is 1130. The first kappa shape index (κ1) is 20.9. The first-order chi connectivity index (χ1) is 15.0. The molecule has 3 aromatic rings. The van der Waals surface area contributed by atoms with Crippen LogP contribution >= 0.6 is 11.6 Å². The molecule has 0 radical (unpaired) electrons. The van der Waals surface area contributed by atoms with Gasteiger partial charge in [0.1, 0.15) is 5.75 Å². The molecule has 6 heteroatoms. The summed E-state index contributed by atoms with van der Waals surface area (Å²) in [6.07, 6.45) is 0.110. The van der Waals surface area contributed by atoms with Crippen LogP contribution in [-0.4, -0.2) is 23.8 Å². The normalized spacial score (nSPS) is 13.6. The number of hydrogen-bond donors (Lipinski definition) is 1. The number of nitrogens with zero attached hydrogens (tertiary/aromatic N) is 1. The van der Waals surface area contributed by atoms with Crippen molar-refractivity contribution in [2.75, 3.05) is 12.4 Å². The number of benzene rings is 3. The van der Waals surface area contributed by atoms with Crippen molar-refractivity contribution in [3.63, 3.8) is 0 Å². The van der Waals surface area contributed by atoms with Crippen LogP contribution in [0.5, 0.6) is 5.75 Å². The molecule has 1 aliphatic rings. The molecule has 4 rings (SSSR count). The summed E-state index contributed by atoms with van der Waals surface area (Å²) in [7, 11) is 1.54. The molecule has 5 nitrogen and oxygen atoms in total. The molecule has 0 aromatic heterocycles. The van der Waals surface area contributed by atoms with Crippen LogP contribution in [0, 0.1) is 6.92 Å². The molecule has 2 amide bonds. The van der Waals surface area contributed by atoms with Crippen LogP contribution in [0.15, 0.2) is 66.7 Å². The Morgan fingerprint density at radius 1 is 1.13 bits per heavy atom. The van der Waals surface area contributed by atoms with Gasteiger partial charge in [0.05, 0.1) is 25.3 Å².